The van der Waals surface area contributed by atoms with Crippen molar-refractivity contribution in [1.82, 2.24) is 15.0 Å². The molecule has 0 spiro atoms. The average Bonchev–Trinajstić information content (AvgIpc) is 3.30. The van der Waals surface area contributed by atoms with Gasteiger partial charge in [-0.1, -0.05) is 279 Å². The van der Waals surface area contributed by atoms with Gasteiger partial charge in [-0.3, -0.25) is 15.0 Å². The van der Waals surface area contributed by atoms with Crippen LogP contribution in [0, 0.1) is 0 Å². The van der Waals surface area contributed by atoms with Crippen LogP contribution in [0.25, 0.3) is 0 Å². The molecule has 0 unspecified atom stereocenters. The summed E-state index contributed by atoms with van der Waals surface area (Å²) in [6.45, 7) is 46.3. The molecule has 7 aromatic rings. The van der Waals surface area contributed by atoms with E-state index in [0.717, 1.165) is 5.69 Å². The lowest BCUT2D eigenvalue weighted by Gasteiger charge is -2.18. The van der Waals surface area contributed by atoms with E-state index in [1.807, 2.05) is 43.0 Å². The number of pyridine rings is 3. The molecule has 0 bridgehead atoms. The molecule has 70 heavy (non-hydrogen) atoms. The highest BCUT2D eigenvalue weighted by Crippen LogP contribution is 2.25. The van der Waals surface area contributed by atoms with Crippen molar-refractivity contribution in [3.8, 4) is 0 Å². The van der Waals surface area contributed by atoms with Gasteiger partial charge < -0.3 is 0 Å². The predicted molar refractivity (Wildman–Crippen MR) is 309 cm³/mol. The maximum Gasteiger partial charge on any atom is 0.0457 e. The Hall–Kier alpha value is -5.67. The van der Waals surface area contributed by atoms with E-state index in [1.54, 1.807) is 6.20 Å². The van der Waals surface area contributed by atoms with Crippen LogP contribution in [0.4, 0.5) is 0 Å². The molecule has 0 aliphatic heterocycles. The third-order valence-corrected chi connectivity index (χ3v) is 11.1. The van der Waals surface area contributed by atoms with E-state index in [9.17, 15) is 0 Å². The SMILES string of the molecule is CC(C)(C)c1ccccc1.CC(C)(C)c1ccccc1.CC(C)(C)c1ccccc1.CC(C)(C)c1ccccc1.CC(C)(C)c1ccccn1.CC(C)(C)c1cccnc1.CC(C)(C)c1ccncc1. The molecule has 3 aromatic heterocycles. The topological polar surface area (TPSA) is 38.7 Å². The number of benzene rings is 4. The van der Waals surface area contributed by atoms with E-state index >= 15 is 0 Å². The van der Waals surface area contributed by atoms with Gasteiger partial charge in [0.25, 0.3) is 0 Å². The summed E-state index contributed by atoms with van der Waals surface area (Å²) in [5.41, 5.74) is 11.2. The Morgan fingerprint density at radius 3 is 0.657 bits per heavy atom. The lowest BCUT2D eigenvalue weighted by atomic mass is 9.87. The second-order valence-electron chi connectivity index (χ2n) is 24.9. The minimum atomic E-state index is 0.182. The highest BCUT2D eigenvalue weighted by Gasteiger charge is 2.16. The van der Waals surface area contributed by atoms with Crippen molar-refractivity contribution in [3.05, 3.63) is 234 Å². The Labute approximate surface area is 430 Å². The second-order valence-corrected chi connectivity index (χ2v) is 24.9. The molecule has 7 rings (SSSR count). The first-order valence-electron chi connectivity index (χ1n) is 25.2. The monoisotopic (exact) mass is 942 g/mol. The van der Waals surface area contributed by atoms with Crippen LogP contribution in [-0.4, -0.2) is 15.0 Å². The summed E-state index contributed by atoms with van der Waals surface area (Å²) < 4.78 is 0. The molecule has 0 radical (unpaired) electrons. The predicted octanol–water partition coefficient (Wildman–Crippen LogP) is 19.1. The molecule has 3 heteroatoms. The zero-order valence-corrected chi connectivity index (χ0v) is 47.8. The van der Waals surface area contributed by atoms with Crippen LogP contribution >= 0.6 is 0 Å². The largest absolute Gasteiger partial charge is 0.265 e. The van der Waals surface area contributed by atoms with E-state index in [4.69, 9.17) is 0 Å². The molecule has 4 aromatic carbocycles. The minimum absolute atomic E-state index is 0.182. The van der Waals surface area contributed by atoms with E-state index in [-0.39, 0.29) is 16.2 Å². The molecule has 0 N–H and O–H groups in total. The fourth-order valence-electron chi connectivity index (χ4n) is 6.22. The minimum Gasteiger partial charge on any atom is -0.265 e. The Morgan fingerprint density at radius 2 is 0.486 bits per heavy atom. The van der Waals surface area contributed by atoms with Crippen molar-refractivity contribution in [2.45, 2.75) is 183 Å². The van der Waals surface area contributed by atoms with Crippen molar-refractivity contribution >= 4 is 0 Å². The summed E-state index contributed by atoms with van der Waals surface area (Å²) in [6.07, 6.45) is 9.22. The van der Waals surface area contributed by atoms with Gasteiger partial charge in [0.05, 0.1) is 0 Å². The van der Waals surface area contributed by atoms with E-state index < -0.39 is 0 Å². The van der Waals surface area contributed by atoms with Crippen LogP contribution < -0.4 is 0 Å². The van der Waals surface area contributed by atoms with Crippen molar-refractivity contribution in [2.75, 3.05) is 0 Å². The normalized spacial score (nSPS) is 11.5. The molecule has 3 heterocycles. The van der Waals surface area contributed by atoms with Crippen molar-refractivity contribution in [1.29, 1.82) is 0 Å². The molecule has 0 atom stereocenters. The first kappa shape index (κ1) is 62.3. The molecule has 0 saturated carbocycles. The fraction of sp³-hybridized carbons (Fsp3) is 0.418. The molecule has 0 saturated heterocycles. The smallest absolute Gasteiger partial charge is 0.0457 e. The highest BCUT2D eigenvalue weighted by atomic mass is 14.7. The molecule has 0 amide bonds. The summed E-state index contributed by atoms with van der Waals surface area (Å²) >= 11 is 0. The Bertz CT molecular complexity index is 1840. The van der Waals surface area contributed by atoms with Crippen LogP contribution in [0.5, 0.6) is 0 Å². The quantitative estimate of drug-likeness (QED) is 0.152. The van der Waals surface area contributed by atoms with Gasteiger partial charge in [-0.2, -0.15) is 0 Å². The van der Waals surface area contributed by atoms with E-state index in [1.165, 1.54) is 33.4 Å². The summed E-state index contributed by atoms with van der Waals surface area (Å²) in [7, 11) is 0. The lowest BCUT2D eigenvalue weighted by molar-refractivity contribution is 0.569. The van der Waals surface area contributed by atoms with E-state index in [0.29, 0.717) is 21.7 Å². The third-order valence-electron chi connectivity index (χ3n) is 11.1. The van der Waals surface area contributed by atoms with Crippen LogP contribution in [0.1, 0.15) is 184 Å². The maximum absolute atomic E-state index is 4.25. The van der Waals surface area contributed by atoms with Gasteiger partial charge in [-0.15, -0.1) is 0 Å². The number of hydrogen-bond donors (Lipinski definition) is 0. The van der Waals surface area contributed by atoms with Gasteiger partial charge in [-0.25, -0.2) is 0 Å². The molecule has 378 valence electrons. The standard InChI is InChI=1S/4C10H14.3C9H13N/c4*1-10(2,3)9-7-5-4-6-8-9;1-9(2,3)8-4-6-10-7-5-8;1-9(2,3)8-5-4-6-10-7-8;1-9(2,3)8-6-4-5-7-10-8/h4*4-8H,1-3H3;3*4-7H,1-3H3. The molecular weight excluding hydrogens is 847 g/mol. The van der Waals surface area contributed by atoms with Crippen molar-refractivity contribution in [3.63, 3.8) is 0 Å². The van der Waals surface area contributed by atoms with Crippen molar-refractivity contribution < 1.29 is 0 Å². The summed E-state index contributed by atoms with van der Waals surface area (Å²) in [5.74, 6) is 0. The van der Waals surface area contributed by atoms with Gasteiger partial charge >= 0.3 is 0 Å². The van der Waals surface area contributed by atoms with Gasteiger partial charge in [0.2, 0.25) is 0 Å². The van der Waals surface area contributed by atoms with Gasteiger partial charge in [0.1, 0.15) is 0 Å². The van der Waals surface area contributed by atoms with Gasteiger partial charge in [0.15, 0.2) is 0 Å². The Morgan fingerprint density at radius 1 is 0.214 bits per heavy atom. The van der Waals surface area contributed by atoms with Gasteiger partial charge in [-0.05, 0) is 96.2 Å². The van der Waals surface area contributed by atoms with Crippen LogP contribution in [0.15, 0.2) is 195 Å². The first-order valence-corrected chi connectivity index (χ1v) is 25.2. The van der Waals surface area contributed by atoms with Crippen LogP contribution in [-0.2, 0) is 37.9 Å². The van der Waals surface area contributed by atoms with Crippen LogP contribution in [0.3, 0.4) is 0 Å². The number of nitrogens with zero attached hydrogens (tertiary/aromatic N) is 3. The highest BCUT2D eigenvalue weighted by molar-refractivity contribution is 5.25. The number of hydrogen-bond acceptors (Lipinski definition) is 3. The molecule has 3 nitrogen and oxygen atoms in total. The molecular formula is C67H95N3. The third kappa shape index (κ3) is 27.5. The Balaban J connectivity index is 0.000000408. The molecule has 0 aliphatic carbocycles. The number of rotatable bonds is 0. The maximum atomic E-state index is 4.25. The van der Waals surface area contributed by atoms with E-state index in [2.05, 4.69) is 306 Å². The summed E-state index contributed by atoms with van der Waals surface area (Å²) in [6, 6.07) is 56.4. The fourth-order valence-corrected chi connectivity index (χ4v) is 6.22. The van der Waals surface area contributed by atoms with Gasteiger partial charge in [0, 0.05) is 42.1 Å². The summed E-state index contributed by atoms with van der Waals surface area (Å²) in [5, 5.41) is 0. The lowest BCUT2D eigenvalue weighted by Crippen LogP contribution is -2.12. The Kier molecular flexibility index (Phi) is 25.7. The number of aromatic nitrogens is 3. The summed E-state index contributed by atoms with van der Waals surface area (Å²) in [4.78, 5) is 12.3. The second kappa shape index (κ2) is 28.9. The van der Waals surface area contributed by atoms with Crippen LogP contribution in [0.2, 0.25) is 0 Å². The first-order chi connectivity index (χ1) is 32.2. The molecule has 0 fully saturated rings. The van der Waals surface area contributed by atoms with Crippen molar-refractivity contribution in [2.24, 2.45) is 0 Å². The molecule has 0 aliphatic rings. The zero-order valence-electron chi connectivity index (χ0n) is 47.8. The average molecular weight is 943 g/mol. The zero-order chi connectivity index (χ0) is 53.3.